The van der Waals surface area contributed by atoms with Crippen LogP contribution in [-0.2, 0) is 29.2 Å². The summed E-state index contributed by atoms with van der Waals surface area (Å²) in [6.45, 7) is 1.78. The van der Waals surface area contributed by atoms with E-state index in [2.05, 4.69) is 4.99 Å². The number of fused-ring (bicyclic) bond motifs is 1. The van der Waals surface area contributed by atoms with E-state index in [-0.39, 0.29) is 18.4 Å². The van der Waals surface area contributed by atoms with Gasteiger partial charge < -0.3 is 29.9 Å². The van der Waals surface area contributed by atoms with Crippen LogP contribution in [0, 0.1) is 0 Å². The van der Waals surface area contributed by atoms with Crippen LogP contribution >= 0.6 is 0 Å². The quantitative estimate of drug-likeness (QED) is 0.122. The molecule has 9 heteroatoms. The van der Waals surface area contributed by atoms with E-state index in [0.29, 0.717) is 56.3 Å². The standard InChI is InChI=1S/C36H39N5O4/c1-39(2)30-18-9-10-19-31(30)45-34(43)26-41-25-29-17-11-20-32(35(29)38-36(41)37)44-22-12-21-33(42)40(23-27-13-5-3-6-14-27)24-28-15-7-4-8-16-28/h3-11,13-20H,12,21-26H2,1-2H3,(H2,37,38). The Bertz CT molecular complexity index is 1580. The van der Waals surface area contributed by atoms with Crippen LogP contribution in [0.15, 0.2) is 108 Å². The smallest absolute Gasteiger partial charge is 0.331 e. The number of esters is 1. The summed E-state index contributed by atoms with van der Waals surface area (Å²) in [5, 5.41) is 0. The highest BCUT2D eigenvalue weighted by Gasteiger charge is 2.24. The van der Waals surface area contributed by atoms with Gasteiger partial charge in [-0.2, -0.15) is 0 Å². The number of nitrogens with zero attached hydrogens (tertiary/aromatic N) is 4. The first-order chi connectivity index (χ1) is 21.9. The third kappa shape index (κ3) is 8.41. The Labute approximate surface area is 264 Å². The van der Waals surface area contributed by atoms with Gasteiger partial charge in [-0.05, 0) is 35.7 Å². The summed E-state index contributed by atoms with van der Waals surface area (Å²) in [5.41, 5.74) is 10.8. The van der Waals surface area contributed by atoms with Gasteiger partial charge in [-0.1, -0.05) is 84.9 Å². The molecule has 1 aliphatic heterocycles. The summed E-state index contributed by atoms with van der Waals surface area (Å²) in [6, 6.07) is 33.1. The molecule has 1 amide bonds. The monoisotopic (exact) mass is 605 g/mol. The van der Waals surface area contributed by atoms with Gasteiger partial charge in [0.25, 0.3) is 0 Å². The summed E-state index contributed by atoms with van der Waals surface area (Å²) < 4.78 is 11.8. The van der Waals surface area contributed by atoms with E-state index in [4.69, 9.17) is 15.2 Å². The molecular weight excluding hydrogens is 566 g/mol. The van der Waals surface area contributed by atoms with E-state index in [1.807, 2.05) is 121 Å². The SMILES string of the molecule is CN(C)c1ccccc1OC(=O)CN1Cc2cccc(OCCCC(=O)N(Cc3ccccc3)Cc3ccccc3)c2N=C1N. The van der Waals surface area contributed by atoms with Gasteiger partial charge in [-0.15, -0.1) is 0 Å². The van der Waals surface area contributed by atoms with Crippen LogP contribution in [0.1, 0.15) is 29.5 Å². The van der Waals surface area contributed by atoms with E-state index in [1.54, 1.807) is 11.0 Å². The van der Waals surface area contributed by atoms with Crippen molar-refractivity contribution in [1.29, 1.82) is 0 Å². The van der Waals surface area contributed by atoms with Crippen LogP contribution in [0.3, 0.4) is 0 Å². The largest absolute Gasteiger partial charge is 0.491 e. The van der Waals surface area contributed by atoms with Crippen LogP contribution < -0.4 is 20.1 Å². The number of ether oxygens (including phenoxy) is 2. The molecule has 5 rings (SSSR count). The second kappa shape index (κ2) is 14.9. The number of carbonyl (C=O) groups excluding carboxylic acids is 2. The summed E-state index contributed by atoms with van der Waals surface area (Å²) >= 11 is 0. The van der Waals surface area contributed by atoms with Crippen molar-refractivity contribution in [1.82, 2.24) is 9.80 Å². The minimum atomic E-state index is -0.434. The van der Waals surface area contributed by atoms with Gasteiger partial charge in [-0.3, -0.25) is 4.79 Å². The molecule has 0 saturated heterocycles. The predicted octanol–water partition coefficient (Wildman–Crippen LogP) is 5.51. The lowest BCUT2D eigenvalue weighted by atomic mass is 10.1. The molecule has 0 saturated carbocycles. The average molecular weight is 606 g/mol. The fraction of sp³-hybridized carbons (Fsp3) is 0.250. The lowest BCUT2D eigenvalue weighted by molar-refractivity contribution is -0.135. The van der Waals surface area contributed by atoms with Crippen molar-refractivity contribution in [3.63, 3.8) is 0 Å². The molecule has 45 heavy (non-hydrogen) atoms. The highest BCUT2D eigenvalue weighted by molar-refractivity contribution is 5.88. The molecule has 1 heterocycles. The predicted molar refractivity (Wildman–Crippen MR) is 176 cm³/mol. The van der Waals surface area contributed by atoms with Gasteiger partial charge >= 0.3 is 5.97 Å². The second-order valence-electron chi connectivity index (χ2n) is 11.1. The van der Waals surface area contributed by atoms with Crippen molar-refractivity contribution >= 4 is 29.2 Å². The highest BCUT2D eigenvalue weighted by Crippen LogP contribution is 2.35. The number of anilines is 1. The maximum absolute atomic E-state index is 13.3. The van der Waals surface area contributed by atoms with Crippen LogP contribution in [-0.4, -0.2) is 54.9 Å². The zero-order valence-corrected chi connectivity index (χ0v) is 25.8. The number of rotatable bonds is 13. The van der Waals surface area contributed by atoms with Crippen molar-refractivity contribution < 1.29 is 19.1 Å². The molecule has 4 aromatic rings. The molecule has 0 atom stereocenters. The second-order valence-corrected chi connectivity index (χ2v) is 11.1. The van der Waals surface area contributed by atoms with Crippen LogP contribution in [0.25, 0.3) is 0 Å². The van der Waals surface area contributed by atoms with Crippen LogP contribution in [0.2, 0.25) is 0 Å². The van der Waals surface area contributed by atoms with E-state index >= 15 is 0 Å². The van der Waals surface area contributed by atoms with Gasteiger partial charge in [0.05, 0.1) is 12.3 Å². The summed E-state index contributed by atoms with van der Waals surface area (Å²) in [6.07, 6.45) is 0.904. The first-order valence-electron chi connectivity index (χ1n) is 15.0. The fourth-order valence-corrected chi connectivity index (χ4v) is 5.17. The third-order valence-corrected chi connectivity index (χ3v) is 7.46. The molecule has 9 nitrogen and oxygen atoms in total. The summed E-state index contributed by atoms with van der Waals surface area (Å²) in [7, 11) is 3.78. The number of carbonyl (C=O) groups is 2. The maximum Gasteiger partial charge on any atom is 0.331 e. The number of aliphatic imine (C=N–C) groups is 1. The number of hydrogen-bond acceptors (Lipinski definition) is 8. The Hall–Kier alpha value is -5.31. The van der Waals surface area contributed by atoms with E-state index in [1.165, 1.54) is 0 Å². The minimum Gasteiger partial charge on any atom is -0.491 e. The van der Waals surface area contributed by atoms with Crippen LogP contribution in [0.4, 0.5) is 11.4 Å². The molecular formula is C36H39N5O4. The molecule has 0 bridgehead atoms. The van der Waals surface area contributed by atoms with Gasteiger partial charge in [0, 0.05) is 45.7 Å². The summed E-state index contributed by atoms with van der Waals surface area (Å²) in [4.78, 5) is 36.2. The van der Waals surface area contributed by atoms with Crippen molar-refractivity contribution in [2.45, 2.75) is 32.5 Å². The zero-order chi connectivity index (χ0) is 31.6. The lowest BCUT2D eigenvalue weighted by Crippen LogP contribution is -2.42. The Morgan fingerprint density at radius 2 is 1.44 bits per heavy atom. The number of hydrogen-bond donors (Lipinski definition) is 1. The first kappa shape index (κ1) is 31.1. The zero-order valence-electron chi connectivity index (χ0n) is 25.8. The number of amides is 1. The number of para-hydroxylation sites is 3. The molecule has 0 fully saturated rings. The highest BCUT2D eigenvalue weighted by atomic mass is 16.5. The number of nitrogens with two attached hydrogens (primary N) is 1. The molecule has 0 spiro atoms. The van der Waals surface area contributed by atoms with E-state index < -0.39 is 5.97 Å². The first-order valence-corrected chi connectivity index (χ1v) is 15.0. The maximum atomic E-state index is 13.3. The van der Waals surface area contributed by atoms with Crippen molar-refractivity contribution in [3.8, 4) is 11.5 Å². The van der Waals surface area contributed by atoms with E-state index in [9.17, 15) is 9.59 Å². The van der Waals surface area contributed by atoms with Gasteiger partial charge in [0.2, 0.25) is 5.91 Å². The Balaban J connectivity index is 1.16. The third-order valence-electron chi connectivity index (χ3n) is 7.46. The minimum absolute atomic E-state index is 0.0494. The number of guanidine groups is 1. The topological polar surface area (TPSA) is 101 Å². The normalized spacial score (nSPS) is 12.1. The average Bonchev–Trinajstić information content (AvgIpc) is 3.04. The molecule has 0 aliphatic carbocycles. The summed E-state index contributed by atoms with van der Waals surface area (Å²) in [5.74, 6) is 0.924. The molecule has 0 unspecified atom stereocenters. The number of benzene rings is 4. The molecule has 2 N–H and O–H groups in total. The van der Waals surface area contributed by atoms with Gasteiger partial charge in [0.15, 0.2) is 11.7 Å². The molecule has 0 radical (unpaired) electrons. The van der Waals surface area contributed by atoms with Crippen LogP contribution in [0.5, 0.6) is 11.5 Å². The van der Waals surface area contributed by atoms with Crippen molar-refractivity contribution in [2.24, 2.45) is 10.7 Å². The molecule has 4 aromatic carbocycles. The molecule has 232 valence electrons. The Kier molecular flexibility index (Phi) is 10.3. The lowest BCUT2D eigenvalue weighted by Gasteiger charge is -2.28. The Morgan fingerprint density at radius 3 is 2.11 bits per heavy atom. The van der Waals surface area contributed by atoms with Crippen molar-refractivity contribution in [3.05, 3.63) is 120 Å². The van der Waals surface area contributed by atoms with Gasteiger partial charge in [-0.25, -0.2) is 9.79 Å². The molecule has 0 aromatic heterocycles. The molecule has 1 aliphatic rings. The van der Waals surface area contributed by atoms with Crippen molar-refractivity contribution in [2.75, 3.05) is 32.1 Å². The fourth-order valence-electron chi connectivity index (χ4n) is 5.17. The van der Waals surface area contributed by atoms with Gasteiger partial charge in [0.1, 0.15) is 18.0 Å². The Morgan fingerprint density at radius 1 is 0.822 bits per heavy atom. The van der Waals surface area contributed by atoms with E-state index in [0.717, 1.165) is 22.4 Å².